The van der Waals surface area contributed by atoms with Crippen LogP contribution in [0, 0.1) is 6.92 Å². The van der Waals surface area contributed by atoms with E-state index in [0.717, 1.165) is 0 Å². The molecular weight excluding hydrogens is 344 g/mol. The van der Waals surface area contributed by atoms with Crippen molar-refractivity contribution in [3.05, 3.63) is 40.8 Å². The molecule has 1 aromatic carbocycles. The molecule has 0 unspecified atom stereocenters. The Balaban J connectivity index is 2.19. The minimum absolute atomic E-state index is 0.159. The fraction of sp³-hybridized carbons (Fsp3) is 0.333. The van der Waals surface area contributed by atoms with E-state index >= 15 is 0 Å². The molecule has 0 amide bonds. The van der Waals surface area contributed by atoms with E-state index in [-0.39, 0.29) is 23.5 Å². The monoisotopic (exact) mass is 364 g/mol. The van der Waals surface area contributed by atoms with Crippen molar-refractivity contribution in [1.29, 1.82) is 0 Å². The van der Waals surface area contributed by atoms with Gasteiger partial charge in [-0.2, -0.15) is 0 Å². The molecule has 0 N–H and O–H groups in total. The van der Waals surface area contributed by atoms with Gasteiger partial charge >= 0.3 is 11.9 Å². The van der Waals surface area contributed by atoms with E-state index in [1.807, 2.05) is 0 Å². The summed E-state index contributed by atoms with van der Waals surface area (Å²) < 4.78 is 30.9. The third-order valence-corrected chi connectivity index (χ3v) is 3.65. The summed E-state index contributed by atoms with van der Waals surface area (Å²) in [5.74, 6) is 0.593. The van der Waals surface area contributed by atoms with Crippen molar-refractivity contribution in [2.45, 2.75) is 13.5 Å². The molecular formula is C18H20O8. The third kappa shape index (κ3) is 3.90. The van der Waals surface area contributed by atoms with Crippen molar-refractivity contribution in [3.63, 3.8) is 0 Å². The van der Waals surface area contributed by atoms with Crippen LogP contribution in [-0.2, 0) is 16.1 Å². The molecule has 1 heterocycles. The summed E-state index contributed by atoms with van der Waals surface area (Å²) in [6.45, 7) is 1.46. The van der Waals surface area contributed by atoms with Crippen LogP contribution in [0.3, 0.4) is 0 Å². The molecule has 8 nitrogen and oxygen atoms in total. The lowest BCUT2D eigenvalue weighted by molar-refractivity contribution is 0.0439. The number of furan rings is 1. The lowest BCUT2D eigenvalue weighted by Crippen LogP contribution is -2.08. The highest BCUT2D eigenvalue weighted by molar-refractivity contribution is 5.93. The largest absolute Gasteiger partial charge is 0.496 e. The SMILES string of the molecule is COC(=O)c1cc(COC(=O)c2cc(OC)c(OC)cc2OC)oc1C. The van der Waals surface area contributed by atoms with E-state index in [0.29, 0.717) is 23.0 Å². The first-order valence-electron chi connectivity index (χ1n) is 7.59. The molecule has 0 aliphatic rings. The third-order valence-electron chi connectivity index (χ3n) is 3.65. The summed E-state index contributed by atoms with van der Waals surface area (Å²) in [6.07, 6.45) is 0. The Hall–Kier alpha value is -3.16. The highest BCUT2D eigenvalue weighted by Gasteiger charge is 2.21. The number of methoxy groups -OCH3 is 4. The van der Waals surface area contributed by atoms with Crippen LogP contribution < -0.4 is 14.2 Å². The molecule has 0 radical (unpaired) electrons. The number of benzene rings is 1. The van der Waals surface area contributed by atoms with E-state index in [9.17, 15) is 9.59 Å². The molecule has 0 fully saturated rings. The summed E-state index contributed by atoms with van der Waals surface area (Å²) in [7, 11) is 5.64. The van der Waals surface area contributed by atoms with Crippen molar-refractivity contribution < 1.29 is 37.7 Å². The van der Waals surface area contributed by atoms with Crippen LogP contribution in [0.2, 0.25) is 0 Å². The van der Waals surface area contributed by atoms with Gasteiger partial charge in [0, 0.05) is 12.1 Å². The lowest BCUT2D eigenvalue weighted by atomic mass is 10.1. The first-order chi connectivity index (χ1) is 12.4. The average molecular weight is 364 g/mol. The molecule has 1 aromatic heterocycles. The smallest absolute Gasteiger partial charge is 0.342 e. The fourth-order valence-electron chi connectivity index (χ4n) is 2.33. The van der Waals surface area contributed by atoms with Crippen LogP contribution in [0.5, 0.6) is 17.2 Å². The van der Waals surface area contributed by atoms with Crippen molar-refractivity contribution >= 4 is 11.9 Å². The van der Waals surface area contributed by atoms with Crippen molar-refractivity contribution in [2.75, 3.05) is 28.4 Å². The first-order valence-corrected chi connectivity index (χ1v) is 7.59. The van der Waals surface area contributed by atoms with Gasteiger partial charge < -0.3 is 28.1 Å². The molecule has 2 aromatic rings. The van der Waals surface area contributed by atoms with E-state index in [2.05, 4.69) is 4.74 Å². The predicted molar refractivity (Wildman–Crippen MR) is 90.0 cm³/mol. The van der Waals surface area contributed by atoms with Crippen molar-refractivity contribution in [1.82, 2.24) is 0 Å². The maximum atomic E-state index is 12.4. The number of hydrogen-bond donors (Lipinski definition) is 0. The van der Waals surface area contributed by atoms with Gasteiger partial charge in [-0.3, -0.25) is 0 Å². The van der Waals surface area contributed by atoms with Crippen LogP contribution in [0.1, 0.15) is 32.2 Å². The molecule has 0 aliphatic carbocycles. The number of rotatable bonds is 7. The van der Waals surface area contributed by atoms with Gasteiger partial charge in [-0.15, -0.1) is 0 Å². The minimum Gasteiger partial charge on any atom is -0.496 e. The van der Waals surface area contributed by atoms with Gasteiger partial charge in [0.2, 0.25) is 0 Å². The molecule has 0 spiro atoms. The zero-order valence-electron chi connectivity index (χ0n) is 15.2. The minimum atomic E-state index is -0.642. The Morgan fingerprint density at radius 2 is 1.46 bits per heavy atom. The number of carbonyl (C=O) groups excluding carboxylic acids is 2. The molecule has 0 aliphatic heterocycles. The van der Waals surface area contributed by atoms with Gasteiger partial charge in [-0.25, -0.2) is 9.59 Å². The Labute approximate surface area is 150 Å². The van der Waals surface area contributed by atoms with Gasteiger partial charge in [0.15, 0.2) is 11.5 Å². The number of aryl methyl sites for hydroxylation is 1. The summed E-state index contributed by atoms with van der Waals surface area (Å²) in [5, 5.41) is 0. The van der Waals surface area contributed by atoms with Crippen LogP contribution in [-0.4, -0.2) is 40.4 Å². The summed E-state index contributed by atoms with van der Waals surface area (Å²) in [5.41, 5.74) is 0.448. The summed E-state index contributed by atoms with van der Waals surface area (Å²) in [6, 6.07) is 4.47. The Morgan fingerprint density at radius 1 is 0.846 bits per heavy atom. The number of carbonyl (C=O) groups is 2. The van der Waals surface area contributed by atoms with E-state index in [1.165, 1.54) is 46.6 Å². The van der Waals surface area contributed by atoms with Gasteiger partial charge in [0.1, 0.15) is 35.0 Å². The maximum Gasteiger partial charge on any atom is 0.342 e. The molecule has 0 bridgehead atoms. The van der Waals surface area contributed by atoms with Gasteiger partial charge in [0.05, 0.1) is 28.4 Å². The Morgan fingerprint density at radius 3 is 2.04 bits per heavy atom. The maximum absolute atomic E-state index is 12.4. The number of hydrogen-bond acceptors (Lipinski definition) is 8. The van der Waals surface area contributed by atoms with Crippen LogP contribution in [0.15, 0.2) is 22.6 Å². The van der Waals surface area contributed by atoms with Gasteiger partial charge in [0.25, 0.3) is 0 Å². The van der Waals surface area contributed by atoms with Crippen molar-refractivity contribution in [2.24, 2.45) is 0 Å². The number of ether oxygens (including phenoxy) is 5. The Kier molecular flexibility index (Phi) is 6.11. The van der Waals surface area contributed by atoms with Crippen LogP contribution in [0.25, 0.3) is 0 Å². The van der Waals surface area contributed by atoms with Gasteiger partial charge in [-0.05, 0) is 13.0 Å². The standard InChI is InChI=1S/C18H20O8/c1-10-12(17(19)24-5)6-11(26-10)9-25-18(20)13-7-15(22-3)16(23-4)8-14(13)21-2/h6-8H,9H2,1-5H3. The summed E-state index contributed by atoms with van der Waals surface area (Å²) >= 11 is 0. The second-order valence-corrected chi connectivity index (χ2v) is 5.16. The molecule has 0 saturated carbocycles. The number of esters is 2. The van der Waals surface area contributed by atoms with E-state index < -0.39 is 11.9 Å². The molecule has 26 heavy (non-hydrogen) atoms. The molecule has 2 rings (SSSR count). The van der Waals surface area contributed by atoms with Crippen molar-refractivity contribution in [3.8, 4) is 17.2 Å². The van der Waals surface area contributed by atoms with Crippen LogP contribution in [0.4, 0.5) is 0 Å². The lowest BCUT2D eigenvalue weighted by Gasteiger charge is -2.13. The normalized spacial score (nSPS) is 10.2. The molecule has 0 atom stereocenters. The highest BCUT2D eigenvalue weighted by atomic mass is 16.5. The Bertz CT molecular complexity index is 806. The van der Waals surface area contributed by atoms with E-state index in [1.54, 1.807) is 6.92 Å². The summed E-state index contributed by atoms with van der Waals surface area (Å²) in [4.78, 5) is 24.0. The quantitative estimate of drug-likeness (QED) is 0.693. The van der Waals surface area contributed by atoms with Crippen LogP contribution >= 0.6 is 0 Å². The highest BCUT2D eigenvalue weighted by Crippen LogP contribution is 2.35. The first kappa shape index (κ1) is 19.2. The molecule has 0 saturated heterocycles. The fourth-order valence-corrected chi connectivity index (χ4v) is 2.33. The second-order valence-electron chi connectivity index (χ2n) is 5.16. The predicted octanol–water partition coefficient (Wildman–Crippen LogP) is 2.76. The average Bonchev–Trinajstić information content (AvgIpc) is 3.04. The second kappa shape index (κ2) is 8.28. The zero-order chi connectivity index (χ0) is 19.3. The van der Waals surface area contributed by atoms with E-state index in [4.69, 9.17) is 23.4 Å². The molecule has 8 heteroatoms. The zero-order valence-corrected chi connectivity index (χ0v) is 15.2. The van der Waals surface area contributed by atoms with Gasteiger partial charge in [-0.1, -0.05) is 0 Å². The molecule has 140 valence electrons. The topological polar surface area (TPSA) is 93.4 Å².